The summed E-state index contributed by atoms with van der Waals surface area (Å²) >= 11 is 0. The van der Waals surface area contributed by atoms with Crippen LogP contribution >= 0.6 is 0 Å². The second-order valence-electron chi connectivity index (χ2n) is 11.2. The van der Waals surface area contributed by atoms with Crippen LogP contribution in [0.25, 0.3) is 11.1 Å². The van der Waals surface area contributed by atoms with Crippen LogP contribution in [-0.2, 0) is 10.0 Å². The average Bonchev–Trinajstić information content (AvgIpc) is 3.37. The first kappa shape index (κ1) is 26.8. The summed E-state index contributed by atoms with van der Waals surface area (Å²) in [6.45, 7) is 11.1. The zero-order valence-corrected chi connectivity index (χ0v) is 23.4. The molecule has 0 saturated carbocycles. The number of rotatable bonds is 6. The molecule has 0 bridgehead atoms. The van der Waals surface area contributed by atoms with E-state index in [-0.39, 0.29) is 30.7 Å². The second kappa shape index (κ2) is 10.8. The summed E-state index contributed by atoms with van der Waals surface area (Å²) in [6, 6.07) is 15.3. The van der Waals surface area contributed by atoms with Crippen LogP contribution in [0.3, 0.4) is 0 Å². The fraction of sp³-hybridized carbons (Fsp3) is 0.586. The number of sulfonamides is 1. The number of benzene rings is 2. The van der Waals surface area contributed by atoms with E-state index in [9.17, 15) is 13.5 Å². The molecule has 7 nitrogen and oxygen atoms in total. The highest BCUT2D eigenvalue weighted by Crippen LogP contribution is 2.43. The van der Waals surface area contributed by atoms with Gasteiger partial charge in [0.15, 0.2) is 0 Å². The molecule has 202 valence electrons. The van der Waals surface area contributed by atoms with E-state index in [1.165, 1.54) is 27.8 Å². The summed E-state index contributed by atoms with van der Waals surface area (Å²) in [5, 5.41) is 11.7. The van der Waals surface area contributed by atoms with Gasteiger partial charge in [-0.25, -0.2) is 13.4 Å². The highest BCUT2D eigenvalue weighted by atomic mass is 32.2. The largest absolute Gasteiger partial charge is 0.395 e. The molecule has 2 aromatic rings. The van der Waals surface area contributed by atoms with E-state index in [0.29, 0.717) is 26.1 Å². The molecule has 37 heavy (non-hydrogen) atoms. The Morgan fingerprint density at radius 1 is 1.05 bits per heavy atom. The quantitative estimate of drug-likeness (QED) is 0.601. The molecule has 0 amide bonds. The van der Waals surface area contributed by atoms with E-state index in [2.05, 4.69) is 66.6 Å². The van der Waals surface area contributed by atoms with Gasteiger partial charge in [0.25, 0.3) is 0 Å². The molecular formula is C29H42N4O3S. The van der Waals surface area contributed by atoms with Crippen molar-refractivity contribution in [3.8, 4) is 11.1 Å². The summed E-state index contributed by atoms with van der Waals surface area (Å²) in [5.74, 6) is 0.108. The van der Waals surface area contributed by atoms with Crippen LogP contribution in [0.5, 0.6) is 0 Å². The van der Waals surface area contributed by atoms with Gasteiger partial charge in [-0.15, -0.1) is 0 Å². The fourth-order valence-electron chi connectivity index (χ4n) is 6.63. The predicted molar refractivity (Wildman–Crippen MR) is 149 cm³/mol. The maximum atomic E-state index is 13.9. The van der Waals surface area contributed by atoms with Gasteiger partial charge in [0, 0.05) is 43.7 Å². The molecule has 3 aliphatic heterocycles. The zero-order valence-electron chi connectivity index (χ0n) is 22.6. The number of hydrogen-bond acceptors (Lipinski definition) is 6. The highest BCUT2D eigenvalue weighted by molar-refractivity contribution is 7.89. The van der Waals surface area contributed by atoms with Gasteiger partial charge >= 0.3 is 0 Å². The minimum absolute atomic E-state index is 0.0273. The van der Waals surface area contributed by atoms with Gasteiger partial charge in [0.05, 0.1) is 6.61 Å². The Morgan fingerprint density at radius 2 is 1.78 bits per heavy atom. The Morgan fingerprint density at radius 3 is 2.49 bits per heavy atom. The number of nitrogens with zero attached hydrogens (tertiary/aromatic N) is 3. The lowest BCUT2D eigenvalue weighted by atomic mass is 9.74. The number of aliphatic hydroxyl groups excluding tert-OH is 1. The van der Waals surface area contributed by atoms with Gasteiger partial charge in [-0.3, -0.25) is 10.3 Å². The second-order valence-corrected chi connectivity index (χ2v) is 13.3. The van der Waals surface area contributed by atoms with Crippen LogP contribution in [-0.4, -0.2) is 84.0 Å². The summed E-state index contributed by atoms with van der Waals surface area (Å²) in [4.78, 5) is 2.35. The first-order valence-electron chi connectivity index (χ1n) is 13.8. The van der Waals surface area contributed by atoms with Crippen LogP contribution in [0.4, 0.5) is 0 Å². The van der Waals surface area contributed by atoms with E-state index in [1.54, 1.807) is 4.31 Å². The van der Waals surface area contributed by atoms with Crippen LogP contribution in [0, 0.1) is 13.8 Å². The molecule has 2 unspecified atom stereocenters. The predicted octanol–water partition coefficient (Wildman–Crippen LogP) is 3.47. The molecule has 2 aromatic carbocycles. The van der Waals surface area contributed by atoms with Crippen LogP contribution in [0.2, 0.25) is 0 Å². The maximum absolute atomic E-state index is 13.9. The van der Waals surface area contributed by atoms with E-state index < -0.39 is 15.4 Å². The van der Waals surface area contributed by atoms with Gasteiger partial charge in [-0.05, 0) is 81.3 Å². The van der Waals surface area contributed by atoms with Crippen molar-refractivity contribution in [2.45, 2.75) is 76.4 Å². The third-order valence-corrected chi connectivity index (χ3v) is 11.0. The minimum atomic E-state index is -3.49. The third-order valence-electron chi connectivity index (χ3n) is 8.80. The summed E-state index contributed by atoms with van der Waals surface area (Å²) in [6.07, 6.45) is 2.39. The topological polar surface area (TPSA) is 76.1 Å². The molecular weight excluding hydrogens is 484 g/mol. The number of aliphatic hydroxyl groups is 1. The number of hydrazine groups is 1. The smallest absolute Gasteiger partial charge is 0.231 e. The number of fused-ring (bicyclic) bond motifs is 1. The van der Waals surface area contributed by atoms with Crippen molar-refractivity contribution >= 4 is 10.0 Å². The molecule has 8 heteroatoms. The molecule has 5 rings (SSSR count). The zero-order chi connectivity index (χ0) is 26.3. The molecule has 2 N–H and O–H groups in total. The van der Waals surface area contributed by atoms with E-state index >= 15 is 0 Å². The molecule has 0 spiro atoms. The van der Waals surface area contributed by atoms with Crippen molar-refractivity contribution < 1.29 is 13.5 Å². The lowest BCUT2D eigenvalue weighted by molar-refractivity contribution is -0.0556. The van der Waals surface area contributed by atoms with Crippen LogP contribution < -0.4 is 5.43 Å². The monoisotopic (exact) mass is 526 g/mol. The molecule has 3 saturated heterocycles. The number of hydrogen-bond donors (Lipinski definition) is 2. The molecule has 4 atom stereocenters. The Balaban J connectivity index is 1.41. The van der Waals surface area contributed by atoms with E-state index in [1.807, 2.05) is 18.9 Å². The molecule has 0 radical (unpaired) electrons. The fourth-order valence-corrected chi connectivity index (χ4v) is 8.74. The van der Waals surface area contributed by atoms with Crippen LogP contribution in [0.15, 0.2) is 42.5 Å². The average molecular weight is 527 g/mol. The SMILES string of the molecule is Cc1cccc(-c2ccc(C3[C@@H](CO)N4CCCCN(S(=O)(=O)C5CCNN5C(C)C)C[C@@H]34)cc2)c1C. The van der Waals surface area contributed by atoms with Gasteiger partial charge in [-0.2, -0.15) is 4.31 Å². The summed E-state index contributed by atoms with van der Waals surface area (Å²) in [7, 11) is -3.49. The Bertz CT molecular complexity index is 1200. The molecule has 0 aliphatic carbocycles. The van der Waals surface area contributed by atoms with E-state index in [0.717, 1.165) is 19.4 Å². The Kier molecular flexibility index (Phi) is 7.78. The van der Waals surface area contributed by atoms with Crippen LogP contribution in [0.1, 0.15) is 55.7 Å². The Labute approximate surface area is 222 Å². The molecule has 3 aliphatic rings. The summed E-state index contributed by atoms with van der Waals surface area (Å²) in [5.41, 5.74) is 9.45. The van der Waals surface area contributed by atoms with E-state index in [4.69, 9.17) is 0 Å². The van der Waals surface area contributed by atoms with Crippen molar-refractivity contribution in [3.05, 3.63) is 59.2 Å². The maximum Gasteiger partial charge on any atom is 0.231 e. The first-order chi connectivity index (χ1) is 17.7. The van der Waals surface area contributed by atoms with Gasteiger partial charge in [0.1, 0.15) is 5.37 Å². The van der Waals surface area contributed by atoms with Gasteiger partial charge < -0.3 is 5.11 Å². The standard InChI is InChI=1S/C29H42N4O3S/c1-20(2)33-28(14-15-30-33)37(35,36)31-16-5-6-17-32-26(18-31)29(27(32)19-34)24-12-10-23(11-13-24)25-9-7-8-21(3)22(25)4/h7-13,20,26-30,34H,5-6,14-19H2,1-4H3/t26-,27+,28?,29?/m0/s1. The van der Waals surface area contributed by atoms with Crippen molar-refractivity contribution in [3.63, 3.8) is 0 Å². The van der Waals surface area contributed by atoms with Crippen molar-refractivity contribution in [1.29, 1.82) is 0 Å². The number of nitrogens with one attached hydrogen (secondary N) is 1. The number of aryl methyl sites for hydroxylation is 1. The Hall–Kier alpha value is -1.81. The molecule has 0 aromatic heterocycles. The molecule has 3 heterocycles. The van der Waals surface area contributed by atoms with Crippen molar-refractivity contribution in [2.75, 3.05) is 32.8 Å². The molecule has 3 fully saturated rings. The first-order valence-corrected chi connectivity index (χ1v) is 15.3. The normalized spacial score (nSPS) is 28.1. The van der Waals surface area contributed by atoms with Crippen molar-refractivity contribution in [2.24, 2.45) is 0 Å². The van der Waals surface area contributed by atoms with Gasteiger partial charge in [0.2, 0.25) is 10.0 Å². The third kappa shape index (κ3) is 4.88. The minimum Gasteiger partial charge on any atom is -0.395 e. The van der Waals surface area contributed by atoms with Crippen molar-refractivity contribution in [1.82, 2.24) is 19.6 Å². The highest BCUT2D eigenvalue weighted by Gasteiger charge is 2.51. The summed E-state index contributed by atoms with van der Waals surface area (Å²) < 4.78 is 29.5. The lowest BCUT2D eigenvalue weighted by Crippen LogP contribution is -2.68. The lowest BCUT2D eigenvalue weighted by Gasteiger charge is -2.57. The van der Waals surface area contributed by atoms with Gasteiger partial charge in [-0.1, -0.05) is 42.5 Å².